The van der Waals surface area contributed by atoms with Crippen LogP contribution in [0.25, 0.3) is 22.2 Å². The minimum absolute atomic E-state index is 0.0280. The van der Waals surface area contributed by atoms with Crippen LogP contribution in [0, 0.1) is 0 Å². The summed E-state index contributed by atoms with van der Waals surface area (Å²) in [6, 6.07) is 15.3. The second-order valence-electron chi connectivity index (χ2n) is 8.67. The molecule has 1 aliphatic carbocycles. The topological polar surface area (TPSA) is 76.8 Å². The number of carbonyl (C=O) groups is 1. The predicted molar refractivity (Wildman–Crippen MR) is 125 cm³/mol. The van der Waals surface area contributed by atoms with Crippen molar-refractivity contribution in [2.45, 2.75) is 19.3 Å². The van der Waals surface area contributed by atoms with Gasteiger partial charge in [-0.15, -0.1) is 0 Å². The minimum Gasteiger partial charge on any atom is -0.454 e. The molecule has 3 aliphatic rings. The van der Waals surface area contributed by atoms with Gasteiger partial charge in [0, 0.05) is 36.0 Å². The predicted octanol–water partition coefficient (Wildman–Crippen LogP) is 5.50. The Hall–Kier alpha value is -4.00. The zero-order chi connectivity index (χ0) is 21.9. The smallest absolute Gasteiger partial charge is 0.231 e. The summed E-state index contributed by atoms with van der Waals surface area (Å²) in [5.41, 5.74) is 5.33. The highest BCUT2D eigenvalue weighted by molar-refractivity contribution is 6.28. The zero-order valence-corrected chi connectivity index (χ0v) is 17.9. The van der Waals surface area contributed by atoms with Gasteiger partial charge in [0.05, 0.1) is 22.3 Å². The second kappa shape index (κ2) is 7.00. The van der Waals surface area contributed by atoms with Gasteiger partial charge in [-0.2, -0.15) is 0 Å². The van der Waals surface area contributed by atoms with Crippen LogP contribution in [0.4, 0.5) is 17.1 Å². The highest BCUT2D eigenvalue weighted by Gasteiger charge is 2.34. The van der Waals surface area contributed by atoms with Crippen LogP contribution in [0.3, 0.4) is 0 Å². The fourth-order valence-corrected chi connectivity index (χ4v) is 5.15. The molecule has 0 bridgehead atoms. The number of ether oxygens (including phenoxy) is 2. The fraction of sp³-hybridized carbons (Fsp3) is 0.231. The number of rotatable bonds is 3. The van der Waals surface area contributed by atoms with E-state index in [9.17, 15) is 4.79 Å². The van der Waals surface area contributed by atoms with Crippen LogP contribution in [0.15, 0.2) is 53.1 Å². The molecule has 33 heavy (non-hydrogen) atoms. The van der Waals surface area contributed by atoms with Crippen LogP contribution >= 0.6 is 0 Å². The second-order valence-corrected chi connectivity index (χ2v) is 8.67. The Balaban J connectivity index is 1.45. The summed E-state index contributed by atoms with van der Waals surface area (Å²) >= 11 is 0. The van der Waals surface area contributed by atoms with Gasteiger partial charge in [-0.1, -0.05) is 29.4 Å². The first-order valence-electron chi connectivity index (χ1n) is 11.3. The maximum Gasteiger partial charge on any atom is 0.231 e. The first-order valence-corrected chi connectivity index (χ1v) is 11.3. The Kier molecular flexibility index (Phi) is 3.94. The molecular weight excluding hydrogens is 418 g/mol. The average Bonchev–Trinajstić information content (AvgIpc) is 3.51. The molecule has 0 radical (unpaired) electrons. The standard InChI is InChI=1S/C26H21N3O4/c30-25-16-6-2-3-7-17(16)26-23-22(25)18(27-15-8-9-20-21(12-15)32-14-31-20)13-19(24(23)28-33-26)29-10-4-1-5-11-29/h2-3,6-9,12-13,27H,1,4-5,10-11,14H2. The molecule has 1 aromatic heterocycles. The van der Waals surface area contributed by atoms with Gasteiger partial charge < -0.3 is 24.2 Å². The number of fused-ring (bicyclic) bond motifs is 3. The van der Waals surface area contributed by atoms with Crippen molar-refractivity contribution < 1.29 is 18.8 Å². The van der Waals surface area contributed by atoms with E-state index in [4.69, 9.17) is 14.0 Å². The molecular formula is C26H21N3O4. The normalized spacial score (nSPS) is 16.2. The van der Waals surface area contributed by atoms with Gasteiger partial charge in [-0.25, -0.2) is 0 Å². The molecule has 164 valence electrons. The lowest BCUT2D eigenvalue weighted by Gasteiger charge is -2.30. The van der Waals surface area contributed by atoms with Crippen molar-refractivity contribution in [3.05, 3.63) is 59.7 Å². The van der Waals surface area contributed by atoms with Crippen molar-refractivity contribution >= 4 is 33.7 Å². The van der Waals surface area contributed by atoms with Crippen molar-refractivity contribution in [3.8, 4) is 22.8 Å². The summed E-state index contributed by atoms with van der Waals surface area (Å²) in [6.45, 7) is 2.14. The molecule has 0 saturated carbocycles. The van der Waals surface area contributed by atoms with Gasteiger partial charge in [-0.3, -0.25) is 4.79 Å². The van der Waals surface area contributed by atoms with E-state index in [2.05, 4.69) is 15.4 Å². The molecule has 7 heteroatoms. The molecule has 3 aromatic carbocycles. The van der Waals surface area contributed by atoms with Crippen LogP contribution in [0.5, 0.6) is 11.5 Å². The van der Waals surface area contributed by atoms with E-state index in [0.29, 0.717) is 22.6 Å². The minimum atomic E-state index is -0.0280. The number of nitrogens with one attached hydrogen (secondary N) is 1. The number of benzene rings is 3. The Bertz CT molecular complexity index is 1440. The van der Waals surface area contributed by atoms with Gasteiger partial charge in [-0.05, 0) is 37.5 Å². The zero-order valence-electron chi connectivity index (χ0n) is 17.9. The van der Waals surface area contributed by atoms with E-state index in [1.54, 1.807) is 0 Å². The maximum atomic E-state index is 13.7. The van der Waals surface area contributed by atoms with Crippen LogP contribution in [0.1, 0.15) is 35.2 Å². The first-order chi connectivity index (χ1) is 16.3. The van der Waals surface area contributed by atoms with Crippen molar-refractivity contribution in [3.63, 3.8) is 0 Å². The molecule has 0 unspecified atom stereocenters. The maximum absolute atomic E-state index is 13.7. The van der Waals surface area contributed by atoms with Crippen LogP contribution < -0.4 is 19.7 Å². The molecule has 7 nitrogen and oxygen atoms in total. The summed E-state index contributed by atoms with van der Waals surface area (Å²) in [5.74, 6) is 2.04. The molecule has 7 rings (SSSR count). The molecule has 3 heterocycles. The number of anilines is 3. The molecule has 2 aliphatic heterocycles. The molecule has 0 amide bonds. The van der Waals surface area contributed by atoms with Gasteiger partial charge in [0.1, 0.15) is 5.52 Å². The summed E-state index contributed by atoms with van der Waals surface area (Å²) < 4.78 is 16.9. The largest absolute Gasteiger partial charge is 0.454 e. The molecule has 0 spiro atoms. The SMILES string of the molecule is O=C1c2ccccc2-c2onc3c(N4CCCCC4)cc(Nc4ccc5c(c4)OCO5)c1c23. The number of ketones is 1. The fourth-order valence-electron chi connectivity index (χ4n) is 5.15. The number of hydrogen-bond donors (Lipinski definition) is 1. The highest BCUT2D eigenvalue weighted by Crippen LogP contribution is 2.47. The first kappa shape index (κ1) is 18.6. The summed E-state index contributed by atoms with van der Waals surface area (Å²) in [7, 11) is 0. The van der Waals surface area contributed by atoms with E-state index >= 15 is 0 Å². The van der Waals surface area contributed by atoms with E-state index in [-0.39, 0.29) is 12.6 Å². The van der Waals surface area contributed by atoms with Crippen molar-refractivity contribution in [2.75, 3.05) is 30.1 Å². The Labute approximate surface area is 189 Å². The van der Waals surface area contributed by atoms with Gasteiger partial charge in [0.2, 0.25) is 6.79 Å². The molecule has 1 N–H and O–H groups in total. The van der Waals surface area contributed by atoms with Crippen molar-refractivity contribution in [1.82, 2.24) is 5.16 Å². The van der Waals surface area contributed by atoms with E-state index in [1.807, 2.05) is 48.5 Å². The third-order valence-electron chi connectivity index (χ3n) is 6.73. The molecule has 1 fully saturated rings. The Morgan fingerprint density at radius 1 is 0.909 bits per heavy atom. The monoisotopic (exact) mass is 439 g/mol. The van der Waals surface area contributed by atoms with E-state index in [1.165, 1.54) is 6.42 Å². The van der Waals surface area contributed by atoms with Crippen LogP contribution in [0.2, 0.25) is 0 Å². The summed E-state index contributed by atoms with van der Waals surface area (Å²) in [6.07, 6.45) is 3.51. The van der Waals surface area contributed by atoms with E-state index < -0.39 is 0 Å². The van der Waals surface area contributed by atoms with Gasteiger partial charge in [0.25, 0.3) is 0 Å². The lowest BCUT2D eigenvalue weighted by molar-refractivity contribution is 0.104. The third kappa shape index (κ3) is 2.75. The number of nitrogens with zero attached hydrogens (tertiary/aromatic N) is 2. The van der Waals surface area contributed by atoms with Crippen LogP contribution in [-0.4, -0.2) is 30.8 Å². The number of carbonyl (C=O) groups excluding carboxylic acids is 1. The number of hydrogen-bond acceptors (Lipinski definition) is 7. The van der Waals surface area contributed by atoms with Gasteiger partial charge >= 0.3 is 0 Å². The lowest BCUT2D eigenvalue weighted by atomic mass is 9.86. The lowest BCUT2D eigenvalue weighted by Crippen LogP contribution is -2.29. The van der Waals surface area contributed by atoms with Gasteiger partial charge in [0.15, 0.2) is 23.0 Å². The number of aromatic nitrogens is 1. The third-order valence-corrected chi connectivity index (χ3v) is 6.73. The average molecular weight is 439 g/mol. The van der Waals surface area contributed by atoms with Crippen molar-refractivity contribution in [2.24, 2.45) is 0 Å². The van der Waals surface area contributed by atoms with Crippen molar-refractivity contribution in [1.29, 1.82) is 0 Å². The highest BCUT2D eigenvalue weighted by atomic mass is 16.7. The summed E-state index contributed by atoms with van der Waals surface area (Å²) in [4.78, 5) is 16.1. The number of piperidine rings is 1. The Morgan fingerprint density at radius 2 is 1.73 bits per heavy atom. The molecule has 1 saturated heterocycles. The molecule has 4 aromatic rings. The Morgan fingerprint density at radius 3 is 2.61 bits per heavy atom. The summed E-state index contributed by atoms with van der Waals surface area (Å²) in [5, 5.41) is 8.73. The quantitative estimate of drug-likeness (QED) is 0.398. The molecule has 0 atom stereocenters. The van der Waals surface area contributed by atoms with Crippen LogP contribution in [-0.2, 0) is 0 Å². The van der Waals surface area contributed by atoms with E-state index in [0.717, 1.165) is 65.2 Å².